The minimum atomic E-state index is -0.266. The highest BCUT2D eigenvalue weighted by molar-refractivity contribution is 6.04. The summed E-state index contributed by atoms with van der Waals surface area (Å²) in [6.07, 6.45) is 0.834. The number of hydrogen-bond acceptors (Lipinski definition) is 5. The molecule has 2 aromatic carbocycles. The number of anilines is 3. The quantitative estimate of drug-likeness (QED) is 0.654. The van der Waals surface area contributed by atoms with Crippen LogP contribution in [-0.4, -0.2) is 23.0 Å². The maximum Gasteiger partial charge on any atom is 0.274 e. The number of aryl methyl sites for hydroxylation is 3. The summed E-state index contributed by atoms with van der Waals surface area (Å²) in [5.41, 5.74) is 4.01. The zero-order chi connectivity index (χ0) is 20.1. The molecule has 6 nitrogen and oxygen atoms in total. The summed E-state index contributed by atoms with van der Waals surface area (Å²) < 4.78 is 5.36. The summed E-state index contributed by atoms with van der Waals surface area (Å²) in [5.74, 6) is 1.46. The molecule has 1 heterocycles. The Balaban J connectivity index is 1.88. The van der Waals surface area contributed by atoms with Gasteiger partial charge in [0.05, 0.1) is 12.8 Å². The molecule has 0 aliphatic heterocycles. The molecule has 0 bridgehead atoms. The maximum atomic E-state index is 12.9. The van der Waals surface area contributed by atoms with Crippen LogP contribution >= 0.6 is 0 Å². The number of benzene rings is 2. The van der Waals surface area contributed by atoms with Crippen molar-refractivity contribution >= 4 is 23.1 Å². The number of nitrogens with zero attached hydrogens (tertiary/aromatic N) is 2. The number of carbonyl (C=O) groups excluding carboxylic acids is 1. The van der Waals surface area contributed by atoms with Crippen molar-refractivity contribution in [3.05, 3.63) is 71.2 Å². The molecular weight excluding hydrogens is 352 g/mol. The Morgan fingerprint density at radius 1 is 1.07 bits per heavy atom. The van der Waals surface area contributed by atoms with E-state index in [1.54, 1.807) is 20.1 Å². The van der Waals surface area contributed by atoms with Crippen LogP contribution in [0.25, 0.3) is 0 Å². The second-order valence-electron chi connectivity index (χ2n) is 6.43. The third kappa shape index (κ3) is 4.28. The van der Waals surface area contributed by atoms with Gasteiger partial charge < -0.3 is 15.4 Å². The standard InChI is InChI=1S/C22H24N4O2/c1-5-16-10-8-9-14(2)21(16)26-22(27)18-13-20(24-15(3)23-18)25-17-11-6-7-12-19(17)28-4/h6-13H,5H2,1-4H3,(H,26,27)(H,23,24,25). The SMILES string of the molecule is CCc1cccc(C)c1NC(=O)c1cc(Nc2ccccc2OC)nc(C)n1. The molecule has 3 aromatic rings. The van der Waals surface area contributed by atoms with Gasteiger partial charge in [0.2, 0.25) is 0 Å². The van der Waals surface area contributed by atoms with Crippen LogP contribution in [0.1, 0.15) is 34.4 Å². The zero-order valence-electron chi connectivity index (χ0n) is 16.5. The van der Waals surface area contributed by atoms with Crippen molar-refractivity contribution < 1.29 is 9.53 Å². The molecule has 0 aliphatic carbocycles. The number of para-hydroxylation sites is 3. The molecule has 0 saturated carbocycles. The predicted octanol–water partition coefficient (Wildman–Crippen LogP) is 4.66. The molecule has 1 amide bonds. The second kappa shape index (κ2) is 8.52. The van der Waals surface area contributed by atoms with E-state index < -0.39 is 0 Å². The Labute approximate surface area is 165 Å². The summed E-state index contributed by atoms with van der Waals surface area (Å²) in [6.45, 7) is 5.80. The molecule has 3 rings (SSSR count). The van der Waals surface area contributed by atoms with E-state index in [2.05, 4.69) is 27.5 Å². The van der Waals surface area contributed by atoms with Crippen molar-refractivity contribution in [3.8, 4) is 5.75 Å². The van der Waals surface area contributed by atoms with Crippen molar-refractivity contribution in [2.45, 2.75) is 27.2 Å². The van der Waals surface area contributed by atoms with E-state index in [4.69, 9.17) is 4.74 Å². The first kappa shape index (κ1) is 19.4. The van der Waals surface area contributed by atoms with Crippen LogP contribution in [0.4, 0.5) is 17.2 Å². The lowest BCUT2D eigenvalue weighted by Crippen LogP contribution is -2.17. The Hall–Kier alpha value is -3.41. The fraction of sp³-hybridized carbons (Fsp3) is 0.227. The Morgan fingerprint density at radius 2 is 1.86 bits per heavy atom. The second-order valence-corrected chi connectivity index (χ2v) is 6.43. The molecule has 0 saturated heterocycles. The van der Waals surface area contributed by atoms with Gasteiger partial charge in [-0.1, -0.05) is 37.3 Å². The highest BCUT2D eigenvalue weighted by atomic mass is 16.5. The van der Waals surface area contributed by atoms with E-state index in [-0.39, 0.29) is 5.91 Å². The first-order chi connectivity index (χ1) is 13.5. The minimum Gasteiger partial charge on any atom is -0.495 e. The molecule has 6 heteroatoms. The zero-order valence-corrected chi connectivity index (χ0v) is 16.5. The molecule has 0 radical (unpaired) electrons. The average Bonchev–Trinajstić information content (AvgIpc) is 2.69. The van der Waals surface area contributed by atoms with Gasteiger partial charge in [-0.15, -0.1) is 0 Å². The summed E-state index contributed by atoms with van der Waals surface area (Å²) >= 11 is 0. The van der Waals surface area contributed by atoms with E-state index in [9.17, 15) is 4.79 Å². The number of methoxy groups -OCH3 is 1. The Morgan fingerprint density at radius 3 is 2.61 bits per heavy atom. The Bertz CT molecular complexity index is 1000. The van der Waals surface area contributed by atoms with Gasteiger partial charge in [0.25, 0.3) is 5.91 Å². The smallest absolute Gasteiger partial charge is 0.274 e. The number of nitrogens with one attached hydrogen (secondary N) is 2. The van der Waals surface area contributed by atoms with E-state index in [1.807, 2.05) is 49.4 Å². The number of carbonyl (C=O) groups is 1. The van der Waals surface area contributed by atoms with Gasteiger partial charge in [-0.2, -0.15) is 0 Å². The van der Waals surface area contributed by atoms with Gasteiger partial charge in [0.15, 0.2) is 0 Å². The van der Waals surface area contributed by atoms with E-state index >= 15 is 0 Å². The number of amides is 1. The summed E-state index contributed by atoms with van der Waals surface area (Å²) in [7, 11) is 1.61. The van der Waals surface area contributed by atoms with E-state index in [1.165, 1.54) is 0 Å². The van der Waals surface area contributed by atoms with Crippen LogP contribution in [0, 0.1) is 13.8 Å². The molecule has 144 valence electrons. The van der Waals surface area contributed by atoms with Crippen LogP contribution in [0.5, 0.6) is 5.75 Å². The predicted molar refractivity (Wildman–Crippen MR) is 112 cm³/mol. The summed E-state index contributed by atoms with van der Waals surface area (Å²) in [4.78, 5) is 21.6. The molecular formula is C22H24N4O2. The van der Waals surface area contributed by atoms with Crippen LogP contribution in [-0.2, 0) is 6.42 Å². The highest BCUT2D eigenvalue weighted by Crippen LogP contribution is 2.27. The molecule has 0 spiro atoms. The normalized spacial score (nSPS) is 10.4. The van der Waals surface area contributed by atoms with Gasteiger partial charge in [-0.3, -0.25) is 4.79 Å². The number of rotatable bonds is 6. The highest BCUT2D eigenvalue weighted by Gasteiger charge is 2.14. The van der Waals surface area contributed by atoms with Crippen molar-refractivity contribution in [3.63, 3.8) is 0 Å². The third-order valence-corrected chi connectivity index (χ3v) is 4.42. The first-order valence-corrected chi connectivity index (χ1v) is 9.17. The van der Waals surface area contributed by atoms with Gasteiger partial charge in [-0.25, -0.2) is 9.97 Å². The average molecular weight is 376 g/mol. The largest absolute Gasteiger partial charge is 0.495 e. The van der Waals surface area contributed by atoms with Crippen LogP contribution in [0.15, 0.2) is 48.5 Å². The first-order valence-electron chi connectivity index (χ1n) is 9.17. The summed E-state index contributed by atoms with van der Waals surface area (Å²) in [5, 5.41) is 6.21. The third-order valence-electron chi connectivity index (χ3n) is 4.42. The lowest BCUT2D eigenvalue weighted by Gasteiger charge is -2.14. The van der Waals surface area contributed by atoms with Crippen molar-refractivity contribution in [1.29, 1.82) is 0 Å². The van der Waals surface area contributed by atoms with Crippen LogP contribution < -0.4 is 15.4 Å². The van der Waals surface area contributed by atoms with E-state index in [0.717, 1.165) is 28.9 Å². The molecule has 0 fully saturated rings. The lowest BCUT2D eigenvalue weighted by atomic mass is 10.1. The molecule has 0 aliphatic rings. The van der Waals surface area contributed by atoms with Gasteiger partial charge >= 0.3 is 0 Å². The molecule has 1 aromatic heterocycles. The number of aromatic nitrogens is 2. The molecule has 0 unspecified atom stereocenters. The van der Waals surface area contributed by atoms with Crippen molar-refractivity contribution in [2.24, 2.45) is 0 Å². The fourth-order valence-corrected chi connectivity index (χ4v) is 3.01. The molecule has 0 atom stereocenters. The maximum absolute atomic E-state index is 12.9. The van der Waals surface area contributed by atoms with Gasteiger partial charge in [0, 0.05) is 11.8 Å². The Kier molecular flexibility index (Phi) is 5.89. The number of hydrogen-bond donors (Lipinski definition) is 2. The van der Waals surface area contributed by atoms with Crippen LogP contribution in [0.3, 0.4) is 0 Å². The van der Waals surface area contributed by atoms with Crippen molar-refractivity contribution in [2.75, 3.05) is 17.7 Å². The van der Waals surface area contributed by atoms with Gasteiger partial charge in [0.1, 0.15) is 23.1 Å². The summed E-state index contributed by atoms with van der Waals surface area (Å²) in [6, 6.07) is 15.2. The monoisotopic (exact) mass is 376 g/mol. The number of ether oxygens (including phenoxy) is 1. The van der Waals surface area contributed by atoms with Gasteiger partial charge in [-0.05, 0) is 43.5 Å². The van der Waals surface area contributed by atoms with Crippen LogP contribution in [0.2, 0.25) is 0 Å². The lowest BCUT2D eigenvalue weighted by molar-refractivity contribution is 0.102. The topological polar surface area (TPSA) is 76.1 Å². The van der Waals surface area contributed by atoms with Crippen molar-refractivity contribution in [1.82, 2.24) is 9.97 Å². The molecule has 28 heavy (non-hydrogen) atoms. The minimum absolute atomic E-state index is 0.266. The molecule has 2 N–H and O–H groups in total. The fourth-order valence-electron chi connectivity index (χ4n) is 3.01. The van der Waals surface area contributed by atoms with E-state index in [0.29, 0.717) is 23.1 Å².